The van der Waals surface area contributed by atoms with Gasteiger partial charge in [-0.05, 0) is 47.6 Å². The van der Waals surface area contributed by atoms with Crippen LogP contribution >= 0.6 is 0 Å². The van der Waals surface area contributed by atoms with Gasteiger partial charge < -0.3 is 14.9 Å². The average Bonchev–Trinajstić information content (AvgIpc) is 2.84. The summed E-state index contributed by atoms with van der Waals surface area (Å²) in [5, 5.41) is 13.9. The van der Waals surface area contributed by atoms with Gasteiger partial charge in [0, 0.05) is 7.11 Å². The van der Waals surface area contributed by atoms with E-state index < -0.39 is 0 Å². The van der Waals surface area contributed by atoms with E-state index in [9.17, 15) is 0 Å². The Bertz CT molecular complexity index is 665. The number of rotatable bonds is 13. The highest BCUT2D eigenvalue weighted by Gasteiger charge is 2.06. The molecule has 0 saturated carbocycles. The normalized spacial score (nSPS) is 10.8. The molecule has 0 aliphatic heterocycles. The Morgan fingerprint density at radius 3 is 1.75 bits per heavy atom. The molecular weight excluding hydrogens is 400 g/mol. The van der Waals surface area contributed by atoms with Gasteiger partial charge in [0.05, 0.1) is 6.61 Å². The predicted octanol–water partition coefficient (Wildman–Crippen LogP) is 7.70. The summed E-state index contributed by atoms with van der Waals surface area (Å²) in [7, 11) is 1.00. The van der Waals surface area contributed by atoms with E-state index in [0.717, 1.165) is 25.9 Å². The lowest BCUT2D eigenvalue weighted by molar-refractivity contribution is -0.122. The number of ether oxygens (including phenoxy) is 1. The van der Waals surface area contributed by atoms with Crippen LogP contribution < -0.4 is 4.74 Å². The maximum Gasteiger partial charge on any atom is 0.290 e. The van der Waals surface area contributed by atoms with E-state index in [1.807, 2.05) is 0 Å². The zero-order chi connectivity index (χ0) is 24.0. The van der Waals surface area contributed by atoms with Crippen LogP contribution in [0.4, 0.5) is 0 Å². The molecule has 32 heavy (non-hydrogen) atoms. The zero-order valence-corrected chi connectivity index (χ0v) is 20.6. The summed E-state index contributed by atoms with van der Waals surface area (Å²) in [5.41, 5.74) is 4.00. The second-order valence-electron chi connectivity index (χ2n) is 7.91. The molecule has 1 atom stereocenters. The van der Waals surface area contributed by atoms with Gasteiger partial charge in [0.15, 0.2) is 0 Å². The van der Waals surface area contributed by atoms with Crippen LogP contribution in [0.3, 0.4) is 0 Å². The van der Waals surface area contributed by atoms with Crippen molar-refractivity contribution < 1.29 is 19.7 Å². The minimum absolute atomic E-state index is 0.250. The summed E-state index contributed by atoms with van der Waals surface area (Å²) in [6, 6.07) is 17.7. The summed E-state index contributed by atoms with van der Waals surface area (Å²) in [6.45, 7) is 7.44. The summed E-state index contributed by atoms with van der Waals surface area (Å²) in [5.74, 6) is 1.63. The van der Waals surface area contributed by atoms with E-state index in [0.29, 0.717) is 5.92 Å². The fourth-order valence-electron chi connectivity index (χ4n) is 3.51. The second-order valence-corrected chi connectivity index (χ2v) is 7.91. The second kappa shape index (κ2) is 20.6. The van der Waals surface area contributed by atoms with Crippen LogP contribution in [-0.4, -0.2) is 30.4 Å². The van der Waals surface area contributed by atoms with Crippen LogP contribution in [0, 0.1) is 0 Å². The molecule has 0 aliphatic rings. The first-order valence-corrected chi connectivity index (χ1v) is 12.0. The topological polar surface area (TPSA) is 66.8 Å². The number of unbranched alkanes of at least 4 members (excludes halogenated alkanes) is 6. The molecule has 2 N–H and O–H groups in total. The number of hydrogen-bond acceptors (Lipinski definition) is 3. The van der Waals surface area contributed by atoms with Gasteiger partial charge in [-0.2, -0.15) is 0 Å². The van der Waals surface area contributed by atoms with Crippen molar-refractivity contribution in [3.05, 3.63) is 54.1 Å². The first-order chi connectivity index (χ1) is 15.7. The summed E-state index contributed by atoms with van der Waals surface area (Å²) >= 11 is 0. The van der Waals surface area contributed by atoms with Crippen LogP contribution in [0.25, 0.3) is 11.1 Å². The minimum Gasteiger partial charge on any atom is -0.494 e. The lowest BCUT2D eigenvalue weighted by atomic mass is 9.93. The van der Waals surface area contributed by atoms with Gasteiger partial charge in [0.1, 0.15) is 5.75 Å². The van der Waals surface area contributed by atoms with E-state index in [1.165, 1.54) is 68.1 Å². The number of carbonyl (C=O) groups is 1. The molecule has 2 rings (SSSR count). The van der Waals surface area contributed by atoms with Gasteiger partial charge in [-0.3, -0.25) is 4.79 Å². The molecule has 0 aliphatic carbocycles. The third kappa shape index (κ3) is 13.2. The summed E-state index contributed by atoms with van der Waals surface area (Å²) < 4.78 is 5.85. The van der Waals surface area contributed by atoms with Gasteiger partial charge in [0.25, 0.3) is 6.47 Å². The van der Waals surface area contributed by atoms with Crippen LogP contribution in [0.5, 0.6) is 5.75 Å². The smallest absolute Gasteiger partial charge is 0.290 e. The van der Waals surface area contributed by atoms with Crippen molar-refractivity contribution in [3.8, 4) is 16.9 Å². The maximum absolute atomic E-state index is 8.36. The van der Waals surface area contributed by atoms with Gasteiger partial charge in [-0.1, -0.05) is 102 Å². The van der Waals surface area contributed by atoms with Gasteiger partial charge in [-0.25, -0.2) is 0 Å². The Morgan fingerprint density at radius 1 is 0.781 bits per heavy atom. The SMILES string of the molecule is CCCCCCOc1ccc(-c2ccc(C(C)CCCCCC)cc2)cc1.CO.O=CO. The quantitative estimate of drug-likeness (QED) is 0.245. The molecule has 0 fully saturated rings. The first kappa shape index (κ1) is 29.7. The van der Waals surface area contributed by atoms with Crippen LogP contribution in [-0.2, 0) is 4.79 Å². The molecule has 2 aromatic rings. The highest BCUT2D eigenvalue weighted by atomic mass is 16.5. The number of aliphatic hydroxyl groups is 1. The third-order valence-electron chi connectivity index (χ3n) is 5.42. The maximum atomic E-state index is 8.36. The fraction of sp³-hybridized carbons (Fsp3) is 0.536. The Hall–Kier alpha value is -2.33. The van der Waals surface area contributed by atoms with Crippen LogP contribution in [0.2, 0.25) is 0 Å². The van der Waals surface area contributed by atoms with Crippen molar-refractivity contribution in [2.75, 3.05) is 13.7 Å². The van der Waals surface area contributed by atoms with E-state index in [2.05, 4.69) is 69.3 Å². The number of aliphatic hydroxyl groups excluding tert-OH is 1. The molecule has 180 valence electrons. The molecule has 2 aromatic carbocycles. The number of benzene rings is 2. The average molecular weight is 445 g/mol. The standard InChI is InChI=1S/C26H38O.CH2O2.CH4O/c1-4-6-8-10-12-22(3)23-13-15-24(16-14-23)25-17-19-26(20-18-25)27-21-11-9-7-5-2;2-1-3;1-2/h13-20,22H,4-12,21H2,1-3H3;1H,(H,2,3);2H,1H3. The van der Waals surface area contributed by atoms with E-state index in [1.54, 1.807) is 0 Å². The van der Waals surface area contributed by atoms with Crippen molar-refractivity contribution in [2.24, 2.45) is 0 Å². The first-order valence-electron chi connectivity index (χ1n) is 12.0. The van der Waals surface area contributed by atoms with E-state index >= 15 is 0 Å². The van der Waals surface area contributed by atoms with Crippen molar-refractivity contribution in [1.82, 2.24) is 0 Å². The van der Waals surface area contributed by atoms with E-state index in [-0.39, 0.29) is 6.47 Å². The molecule has 0 saturated heterocycles. The fourth-order valence-corrected chi connectivity index (χ4v) is 3.51. The lowest BCUT2D eigenvalue weighted by Gasteiger charge is -2.13. The van der Waals surface area contributed by atoms with Crippen LogP contribution in [0.15, 0.2) is 48.5 Å². The van der Waals surface area contributed by atoms with Gasteiger partial charge >= 0.3 is 0 Å². The third-order valence-corrected chi connectivity index (χ3v) is 5.42. The largest absolute Gasteiger partial charge is 0.494 e. The Labute approximate surface area is 195 Å². The highest BCUT2D eigenvalue weighted by molar-refractivity contribution is 5.64. The Morgan fingerprint density at radius 2 is 1.25 bits per heavy atom. The number of carboxylic acid groups (broad SMARTS) is 1. The molecule has 0 amide bonds. The molecule has 0 bridgehead atoms. The number of hydrogen-bond donors (Lipinski definition) is 2. The molecule has 0 aromatic heterocycles. The van der Waals surface area contributed by atoms with Crippen molar-refractivity contribution >= 4 is 6.47 Å². The predicted molar refractivity (Wildman–Crippen MR) is 136 cm³/mol. The highest BCUT2D eigenvalue weighted by Crippen LogP contribution is 2.27. The zero-order valence-electron chi connectivity index (χ0n) is 20.6. The molecule has 4 nitrogen and oxygen atoms in total. The molecule has 0 radical (unpaired) electrons. The van der Waals surface area contributed by atoms with Crippen LogP contribution in [0.1, 0.15) is 90.0 Å². The van der Waals surface area contributed by atoms with Gasteiger partial charge in [0.2, 0.25) is 0 Å². The molecule has 4 heteroatoms. The summed E-state index contributed by atoms with van der Waals surface area (Å²) in [4.78, 5) is 8.36. The monoisotopic (exact) mass is 444 g/mol. The molecular formula is C28H44O4. The lowest BCUT2D eigenvalue weighted by Crippen LogP contribution is -1.97. The molecule has 1 unspecified atom stereocenters. The minimum atomic E-state index is -0.250. The molecule has 0 heterocycles. The Kier molecular flexibility index (Phi) is 19.1. The van der Waals surface area contributed by atoms with Crippen molar-refractivity contribution in [2.45, 2.75) is 84.5 Å². The Balaban J connectivity index is 0.00000177. The summed E-state index contributed by atoms with van der Waals surface area (Å²) in [6.07, 6.45) is 11.7. The van der Waals surface area contributed by atoms with Crippen molar-refractivity contribution in [3.63, 3.8) is 0 Å². The van der Waals surface area contributed by atoms with Gasteiger partial charge in [-0.15, -0.1) is 0 Å². The molecule has 0 spiro atoms. The van der Waals surface area contributed by atoms with E-state index in [4.69, 9.17) is 19.7 Å². The van der Waals surface area contributed by atoms with Crippen molar-refractivity contribution in [1.29, 1.82) is 0 Å².